The number of urea groups is 1. The van der Waals surface area contributed by atoms with Crippen molar-refractivity contribution in [2.45, 2.75) is 32.4 Å². The number of carbonyl (C=O) groups excluding carboxylic acids is 2. The summed E-state index contributed by atoms with van der Waals surface area (Å²) in [5, 5.41) is 4.03. The molecule has 2 aliphatic heterocycles. The van der Waals surface area contributed by atoms with Gasteiger partial charge in [-0.2, -0.15) is 0 Å². The summed E-state index contributed by atoms with van der Waals surface area (Å²) >= 11 is 12.8. The first-order valence-corrected chi connectivity index (χ1v) is 10.4. The van der Waals surface area contributed by atoms with Gasteiger partial charge in [0, 0.05) is 29.1 Å². The Morgan fingerprint density at radius 3 is 2.52 bits per heavy atom. The van der Waals surface area contributed by atoms with Gasteiger partial charge >= 0.3 is 6.03 Å². The van der Waals surface area contributed by atoms with Crippen molar-refractivity contribution in [2.24, 2.45) is 5.92 Å². The fourth-order valence-electron chi connectivity index (χ4n) is 4.28. The van der Waals surface area contributed by atoms with Gasteiger partial charge in [0.05, 0.1) is 5.69 Å². The van der Waals surface area contributed by atoms with Crippen LogP contribution in [0.1, 0.15) is 36.5 Å². The first kappa shape index (κ1) is 20.2. The first-order chi connectivity index (χ1) is 13.8. The van der Waals surface area contributed by atoms with Crippen molar-refractivity contribution in [3.8, 4) is 0 Å². The van der Waals surface area contributed by atoms with E-state index in [0.29, 0.717) is 15.7 Å². The second-order valence-electron chi connectivity index (χ2n) is 8.11. The minimum Gasteiger partial charge on any atom is -0.325 e. The van der Waals surface area contributed by atoms with Crippen molar-refractivity contribution in [3.63, 3.8) is 0 Å². The van der Waals surface area contributed by atoms with E-state index in [2.05, 4.69) is 10.2 Å². The zero-order valence-corrected chi connectivity index (χ0v) is 18.1. The van der Waals surface area contributed by atoms with Crippen LogP contribution in [0.5, 0.6) is 0 Å². The number of rotatable bonds is 3. The number of nitrogens with zero attached hydrogens (tertiary/aromatic N) is 2. The van der Waals surface area contributed by atoms with E-state index in [-0.39, 0.29) is 23.8 Å². The highest BCUT2D eigenvalue weighted by Gasteiger charge is 2.42. The highest BCUT2D eigenvalue weighted by atomic mass is 35.5. The topological polar surface area (TPSA) is 52.7 Å². The van der Waals surface area contributed by atoms with Crippen LogP contribution in [0.4, 0.5) is 10.5 Å². The number of carbonyl (C=O) groups is 2. The van der Waals surface area contributed by atoms with Gasteiger partial charge in [-0.15, -0.1) is 0 Å². The van der Waals surface area contributed by atoms with Gasteiger partial charge in [0.15, 0.2) is 0 Å². The second kappa shape index (κ2) is 7.63. The van der Waals surface area contributed by atoms with Crippen molar-refractivity contribution in [3.05, 3.63) is 63.1 Å². The predicted molar refractivity (Wildman–Crippen MR) is 116 cm³/mol. The Labute approximate surface area is 180 Å². The number of anilines is 1. The normalized spacial score (nSPS) is 22.2. The average Bonchev–Trinajstić information content (AvgIpc) is 2.96. The standard InChI is InChI=1S/C22H23Cl2N3O2/c1-12(2)20-21(28)27(22(29)25-20)19-7-5-4-6-14(19)16-10-26(3)11-17-15(16)8-13(23)9-18(17)24/h4-9,12,16,20H,10-11H2,1-3H3,(H,25,29). The number of fused-ring (bicyclic) bond motifs is 1. The minimum atomic E-state index is -0.513. The Morgan fingerprint density at radius 1 is 1.10 bits per heavy atom. The molecule has 7 heteroatoms. The summed E-state index contributed by atoms with van der Waals surface area (Å²) in [6, 6.07) is 10.4. The number of para-hydroxylation sites is 1. The molecule has 0 bridgehead atoms. The average molecular weight is 432 g/mol. The van der Waals surface area contributed by atoms with Crippen LogP contribution in [0.25, 0.3) is 0 Å². The zero-order valence-electron chi connectivity index (χ0n) is 16.6. The van der Waals surface area contributed by atoms with E-state index >= 15 is 0 Å². The van der Waals surface area contributed by atoms with Gasteiger partial charge in [-0.25, -0.2) is 9.69 Å². The Bertz CT molecular complexity index is 992. The molecule has 3 amide bonds. The lowest BCUT2D eigenvalue weighted by molar-refractivity contribution is -0.119. The molecular weight excluding hydrogens is 409 g/mol. The number of imide groups is 1. The van der Waals surface area contributed by atoms with Crippen LogP contribution >= 0.6 is 23.2 Å². The van der Waals surface area contributed by atoms with Gasteiger partial charge in [0.25, 0.3) is 5.91 Å². The monoisotopic (exact) mass is 431 g/mol. The quantitative estimate of drug-likeness (QED) is 0.719. The number of halogens is 2. The summed E-state index contributed by atoms with van der Waals surface area (Å²) in [7, 11) is 2.03. The number of benzene rings is 2. The van der Waals surface area contributed by atoms with E-state index in [0.717, 1.165) is 29.8 Å². The molecule has 2 aromatic carbocycles. The lowest BCUT2D eigenvalue weighted by atomic mass is 9.83. The minimum absolute atomic E-state index is 0.0164. The fraction of sp³-hybridized carbons (Fsp3) is 0.364. The molecule has 2 aromatic rings. The molecular formula is C22H23Cl2N3O2. The maximum Gasteiger partial charge on any atom is 0.329 e. The molecule has 2 unspecified atom stereocenters. The number of hydrogen-bond donors (Lipinski definition) is 1. The molecule has 2 aliphatic rings. The lowest BCUT2D eigenvalue weighted by Gasteiger charge is -2.35. The number of amides is 3. The summed E-state index contributed by atoms with van der Waals surface area (Å²) in [5.41, 5.74) is 3.59. The summed E-state index contributed by atoms with van der Waals surface area (Å²) in [4.78, 5) is 29.2. The van der Waals surface area contributed by atoms with Crippen LogP contribution < -0.4 is 10.2 Å². The molecule has 4 rings (SSSR count). The summed E-state index contributed by atoms with van der Waals surface area (Å²) in [5.74, 6) is -0.261. The Balaban J connectivity index is 1.83. The molecule has 0 spiro atoms. The van der Waals surface area contributed by atoms with Gasteiger partial charge in [0.1, 0.15) is 6.04 Å². The molecule has 152 valence electrons. The molecule has 1 saturated heterocycles. The van der Waals surface area contributed by atoms with Gasteiger partial charge in [0.2, 0.25) is 0 Å². The predicted octanol–water partition coefficient (Wildman–Crippen LogP) is 4.65. The van der Waals surface area contributed by atoms with E-state index in [1.165, 1.54) is 4.90 Å². The Morgan fingerprint density at radius 2 is 1.83 bits per heavy atom. The fourth-order valence-corrected chi connectivity index (χ4v) is 4.84. The molecule has 5 nitrogen and oxygen atoms in total. The largest absolute Gasteiger partial charge is 0.329 e. The van der Waals surface area contributed by atoms with E-state index in [9.17, 15) is 9.59 Å². The van der Waals surface area contributed by atoms with E-state index in [1.54, 1.807) is 6.07 Å². The molecule has 0 radical (unpaired) electrons. The van der Waals surface area contributed by atoms with E-state index in [4.69, 9.17) is 23.2 Å². The van der Waals surface area contributed by atoms with Crippen LogP contribution in [-0.4, -0.2) is 36.5 Å². The molecule has 1 fully saturated rings. The van der Waals surface area contributed by atoms with Crippen molar-refractivity contribution in [2.75, 3.05) is 18.5 Å². The van der Waals surface area contributed by atoms with Gasteiger partial charge in [-0.1, -0.05) is 55.2 Å². The zero-order chi connectivity index (χ0) is 20.9. The van der Waals surface area contributed by atoms with Crippen LogP contribution in [0.2, 0.25) is 10.0 Å². The molecule has 29 heavy (non-hydrogen) atoms. The second-order valence-corrected chi connectivity index (χ2v) is 8.95. The van der Waals surface area contributed by atoms with Gasteiger partial charge < -0.3 is 10.2 Å². The van der Waals surface area contributed by atoms with Crippen LogP contribution in [0, 0.1) is 5.92 Å². The number of likely N-dealkylation sites (N-methyl/N-ethyl adjacent to an activating group) is 1. The Hall–Kier alpha value is -2.08. The van der Waals surface area contributed by atoms with Crippen LogP contribution in [0.3, 0.4) is 0 Å². The van der Waals surface area contributed by atoms with E-state index in [1.807, 2.05) is 51.2 Å². The summed E-state index contributed by atoms with van der Waals surface area (Å²) in [6.45, 7) is 5.31. The number of hydrogen-bond acceptors (Lipinski definition) is 3. The summed E-state index contributed by atoms with van der Waals surface area (Å²) < 4.78 is 0. The molecule has 1 N–H and O–H groups in total. The highest BCUT2D eigenvalue weighted by Crippen LogP contribution is 2.41. The first-order valence-electron chi connectivity index (χ1n) is 9.67. The third-order valence-electron chi connectivity index (χ3n) is 5.68. The molecule has 0 aromatic heterocycles. The third-order valence-corrected chi connectivity index (χ3v) is 6.24. The summed E-state index contributed by atoms with van der Waals surface area (Å²) in [6.07, 6.45) is 0. The SMILES string of the molecule is CC(C)C1NC(=O)N(c2ccccc2C2CN(C)Cc3c(Cl)cc(Cl)cc32)C1=O. The van der Waals surface area contributed by atoms with Gasteiger partial charge in [-0.3, -0.25) is 4.79 Å². The molecule has 0 aliphatic carbocycles. The van der Waals surface area contributed by atoms with Crippen molar-refractivity contribution in [1.29, 1.82) is 0 Å². The molecule has 2 heterocycles. The molecule has 2 atom stereocenters. The van der Waals surface area contributed by atoms with Gasteiger partial charge in [-0.05, 0) is 47.9 Å². The maximum atomic E-state index is 13.0. The number of nitrogens with one attached hydrogen (secondary N) is 1. The molecule has 0 saturated carbocycles. The maximum absolute atomic E-state index is 13.0. The Kier molecular flexibility index (Phi) is 5.32. The smallest absolute Gasteiger partial charge is 0.325 e. The van der Waals surface area contributed by atoms with Crippen molar-refractivity contribution < 1.29 is 9.59 Å². The highest BCUT2D eigenvalue weighted by molar-refractivity contribution is 6.35. The third kappa shape index (κ3) is 3.52. The van der Waals surface area contributed by atoms with Crippen LogP contribution in [0.15, 0.2) is 36.4 Å². The van der Waals surface area contributed by atoms with Crippen molar-refractivity contribution in [1.82, 2.24) is 10.2 Å². The van der Waals surface area contributed by atoms with Crippen LogP contribution in [-0.2, 0) is 11.3 Å². The van der Waals surface area contributed by atoms with Crippen molar-refractivity contribution >= 4 is 40.8 Å². The van der Waals surface area contributed by atoms with E-state index < -0.39 is 6.04 Å². The lowest BCUT2D eigenvalue weighted by Crippen LogP contribution is -2.36.